The molecule has 0 radical (unpaired) electrons. The van der Waals surface area contributed by atoms with Crippen molar-refractivity contribution in [1.82, 2.24) is 19.7 Å². The van der Waals surface area contributed by atoms with Crippen LogP contribution in [0.5, 0.6) is 17.2 Å². The number of anilines is 2. The molecule has 11 nitrogen and oxygen atoms in total. The SMILES string of the molecule is Cc1ncccc1Oc1ccc(NC(=O)Nc2cc(C(C)(C)C)nn2-c2ccc(OCCN(C(=O)O)C(C)(C)C)cc2)c(F)c1. The van der Waals surface area contributed by atoms with Gasteiger partial charge in [-0.15, -0.1) is 0 Å². The highest BCUT2D eigenvalue weighted by Crippen LogP contribution is 2.29. The van der Waals surface area contributed by atoms with Crippen LogP contribution in [0, 0.1) is 12.7 Å². The van der Waals surface area contributed by atoms with E-state index in [0.29, 0.717) is 28.7 Å². The standard InChI is InChI=1S/C33H39FN6O5/c1-21-27(9-8-16-35-21)45-24-14-15-26(25(34)19-24)36-30(41)37-29-20-28(32(2,3)4)38-40(29)22-10-12-23(13-11-22)44-18-17-39(31(42)43)33(5,6)7/h8-16,19-20H,17-18H2,1-7H3,(H,42,43)(H2,36,37,41). The molecule has 4 aromatic rings. The van der Waals surface area contributed by atoms with Gasteiger partial charge in [0.25, 0.3) is 0 Å². The largest absolute Gasteiger partial charge is 0.492 e. The van der Waals surface area contributed by atoms with Crippen molar-refractivity contribution in [3.05, 3.63) is 84.1 Å². The smallest absolute Gasteiger partial charge is 0.407 e. The topological polar surface area (TPSA) is 131 Å². The second-order valence-electron chi connectivity index (χ2n) is 12.4. The molecule has 0 saturated carbocycles. The van der Waals surface area contributed by atoms with E-state index < -0.39 is 23.5 Å². The van der Waals surface area contributed by atoms with E-state index in [-0.39, 0.29) is 30.0 Å². The molecule has 3 N–H and O–H groups in total. The van der Waals surface area contributed by atoms with Crippen molar-refractivity contribution in [3.63, 3.8) is 0 Å². The lowest BCUT2D eigenvalue weighted by molar-refractivity contribution is 0.0892. The maximum absolute atomic E-state index is 14.9. The number of aromatic nitrogens is 3. The number of amides is 3. The van der Waals surface area contributed by atoms with Gasteiger partial charge < -0.3 is 24.8 Å². The maximum atomic E-state index is 14.9. The number of aryl methyl sites for hydroxylation is 1. The van der Waals surface area contributed by atoms with E-state index in [9.17, 15) is 19.1 Å². The summed E-state index contributed by atoms with van der Waals surface area (Å²) in [6.45, 7) is 13.7. The normalized spacial score (nSPS) is 11.6. The van der Waals surface area contributed by atoms with Crippen molar-refractivity contribution < 1.29 is 28.6 Å². The Labute approximate surface area is 262 Å². The number of carbonyl (C=O) groups excluding carboxylic acids is 1. The van der Waals surface area contributed by atoms with Gasteiger partial charge >= 0.3 is 12.1 Å². The first kappa shape index (κ1) is 32.8. The molecule has 0 aliphatic carbocycles. The molecule has 45 heavy (non-hydrogen) atoms. The number of carbonyl (C=O) groups is 2. The van der Waals surface area contributed by atoms with Gasteiger partial charge in [-0.2, -0.15) is 5.10 Å². The molecule has 0 unspecified atom stereocenters. The van der Waals surface area contributed by atoms with Gasteiger partial charge in [0.1, 0.15) is 35.5 Å². The summed E-state index contributed by atoms with van der Waals surface area (Å²) in [4.78, 5) is 30.1. The predicted molar refractivity (Wildman–Crippen MR) is 170 cm³/mol. The third-order valence-corrected chi connectivity index (χ3v) is 6.80. The molecule has 0 fully saturated rings. The average molecular weight is 619 g/mol. The molecule has 0 atom stereocenters. The average Bonchev–Trinajstić information content (AvgIpc) is 3.37. The third-order valence-electron chi connectivity index (χ3n) is 6.80. The summed E-state index contributed by atoms with van der Waals surface area (Å²) in [6, 6.07) is 15.8. The lowest BCUT2D eigenvalue weighted by Gasteiger charge is -2.32. The van der Waals surface area contributed by atoms with Crippen LogP contribution in [0.1, 0.15) is 52.9 Å². The first-order valence-electron chi connectivity index (χ1n) is 14.4. The molecule has 3 amide bonds. The number of benzene rings is 2. The summed E-state index contributed by atoms with van der Waals surface area (Å²) in [7, 11) is 0. The summed E-state index contributed by atoms with van der Waals surface area (Å²) < 4.78 is 28.0. The van der Waals surface area contributed by atoms with Crippen molar-refractivity contribution in [2.75, 3.05) is 23.8 Å². The third kappa shape index (κ3) is 8.49. The van der Waals surface area contributed by atoms with Gasteiger partial charge in [-0.25, -0.2) is 18.7 Å². The predicted octanol–water partition coefficient (Wildman–Crippen LogP) is 7.61. The highest BCUT2D eigenvalue weighted by atomic mass is 19.1. The van der Waals surface area contributed by atoms with Crippen LogP contribution in [-0.2, 0) is 5.41 Å². The Morgan fingerprint density at radius 1 is 0.978 bits per heavy atom. The Hall–Kier alpha value is -5.13. The van der Waals surface area contributed by atoms with Gasteiger partial charge in [0.15, 0.2) is 0 Å². The molecule has 12 heteroatoms. The van der Waals surface area contributed by atoms with E-state index in [2.05, 4.69) is 15.6 Å². The fourth-order valence-electron chi connectivity index (χ4n) is 4.32. The van der Waals surface area contributed by atoms with Crippen LogP contribution in [0.4, 0.5) is 25.5 Å². The quantitative estimate of drug-likeness (QED) is 0.176. The van der Waals surface area contributed by atoms with Crippen LogP contribution < -0.4 is 20.1 Å². The van der Waals surface area contributed by atoms with E-state index in [0.717, 1.165) is 5.69 Å². The Bertz CT molecular complexity index is 1660. The lowest BCUT2D eigenvalue weighted by Crippen LogP contribution is -2.46. The van der Waals surface area contributed by atoms with Gasteiger partial charge in [-0.05, 0) is 76.2 Å². The molecule has 2 aromatic heterocycles. The number of nitrogens with one attached hydrogen (secondary N) is 2. The number of rotatable bonds is 9. The number of halogens is 1. The Morgan fingerprint density at radius 2 is 1.67 bits per heavy atom. The number of hydrogen-bond acceptors (Lipinski definition) is 6. The van der Waals surface area contributed by atoms with Crippen LogP contribution in [0.3, 0.4) is 0 Å². The minimum atomic E-state index is -1.01. The number of hydrogen-bond donors (Lipinski definition) is 3. The van der Waals surface area contributed by atoms with E-state index >= 15 is 0 Å². The number of urea groups is 1. The molecular weight excluding hydrogens is 579 g/mol. The van der Waals surface area contributed by atoms with Gasteiger partial charge in [-0.3, -0.25) is 10.3 Å². The summed E-state index contributed by atoms with van der Waals surface area (Å²) in [6.07, 6.45) is 0.630. The molecule has 0 aliphatic rings. The second kappa shape index (κ2) is 13.2. The molecule has 4 rings (SSSR count). The fourth-order valence-corrected chi connectivity index (χ4v) is 4.32. The van der Waals surface area contributed by atoms with Gasteiger partial charge in [0.2, 0.25) is 0 Å². The van der Waals surface area contributed by atoms with E-state index in [1.165, 1.54) is 17.0 Å². The number of carboxylic acid groups (broad SMARTS) is 1. The highest BCUT2D eigenvalue weighted by Gasteiger charge is 2.26. The molecule has 0 aliphatic heterocycles. The second-order valence-corrected chi connectivity index (χ2v) is 12.4. The highest BCUT2D eigenvalue weighted by molar-refractivity contribution is 5.99. The van der Waals surface area contributed by atoms with Crippen molar-refractivity contribution in [2.45, 2.75) is 59.4 Å². The summed E-state index contributed by atoms with van der Waals surface area (Å²) in [5.74, 6) is 1.03. The Balaban J connectivity index is 1.46. The zero-order chi connectivity index (χ0) is 32.9. The number of nitrogens with zero attached hydrogens (tertiary/aromatic N) is 4. The van der Waals surface area contributed by atoms with Crippen molar-refractivity contribution in [1.29, 1.82) is 0 Å². The van der Waals surface area contributed by atoms with Gasteiger partial charge in [0, 0.05) is 29.3 Å². The van der Waals surface area contributed by atoms with E-state index in [1.54, 1.807) is 66.3 Å². The Morgan fingerprint density at radius 3 is 2.27 bits per heavy atom. The first-order valence-corrected chi connectivity index (χ1v) is 14.4. The first-order chi connectivity index (χ1) is 21.1. The summed E-state index contributed by atoms with van der Waals surface area (Å²) in [5.41, 5.74) is 1.14. The minimum absolute atomic E-state index is 0.0284. The van der Waals surface area contributed by atoms with Gasteiger partial charge in [-0.1, -0.05) is 20.8 Å². The molecule has 0 spiro atoms. The van der Waals surface area contributed by atoms with Crippen LogP contribution in [-0.4, -0.2) is 55.6 Å². The van der Waals surface area contributed by atoms with E-state index in [1.807, 2.05) is 41.5 Å². The maximum Gasteiger partial charge on any atom is 0.407 e. The lowest BCUT2D eigenvalue weighted by atomic mass is 9.92. The molecule has 2 heterocycles. The molecular formula is C33H39FN6O5. The van der Waals surface area contributed by atoms with Crippen LogP contribution in [0.25, 0.3) is 5.69 Å². The van der Waals surface area contributed by atoms with E-state index in [4.69, 9.17) is 14.6 Å². The van der Waals surface area contributed by atoms with Crippen molar-refractivity contribution >= 4 is 23.6 Å². The van der Waals surface area contributed by atoms with Crippen LogP contribution in [0.15, 0.2) is 66.9 Å². The summed E-state index contributed by atoms with van der Waals surface area (Å²) in [5, 5.41) is 19.5. The fraction of sp³-hybridized carbons (Fsp3) is 0.333. The molecule has 238 valence electrons. The zero-order valence-electron chi connectivity index (χ0n) is 26.5. The Kier molecular flexibility index (Phi) is 9.65. The molecule has 0 bridgehead atoms. The minimum Gasteiger partial charge on any atom is -0.492 e. The molecule has 2 aromatic carbocycles. The number of pyridine rings is 1. The van der Waals surface area contributed by atoms with Gasteiger partial charge in [0.05, 0.1) is 29.3 Å². The monoisotopic (exact) mass is 618 g/mol. The zero-order valence-corrected chi connectivity index (χ0v) is 26.5. The van der Waals surface area contributed by atoms with Crippen molar-refractivity contribution in [2.24, 2.45) is 0 Å². The van der Waals surface area contributed by atoms with Crippen LogP contribution >= 0.6 is 0 Å². The van der Waals surface area contributed by atoms with Crippen LogP contribution in [0.2, 0.25) is 0 Å². The summed E-state index contributed by atoms with van der Waals surface area (Å²) >= 11 is 0. The van der Waals surface area contributed by atoms with Crippen molar-refractivity contribution in [3.8, 4) is 22.9 Å². The number of ether oxygens (including phenoxy) is 2. The molecule has 0 saturated heterocycles.